The molecule has 0 bridgehead atoms. The molecule has 0 radical (unpaired) electrons. The van der Waals surface area contributed by atoms with E-state index in [1.165, 1.54) is 29.5 Å². The lowest BCUT2D eigenvalue weighted by atomic mass is 10.3. The van der Waals surface area contributed by atoms with Gasteiger partial charge in [0.05, 0.1) is 6.54 Å². The fourth-order valence-electron chi connectivity index (χ4n) is 1.54. The molecule has 0 saturated heterocycles. The Morgan fingerprint density at radius 1 is 1.14 bits per heavy atom. The number of hydrogen-bond donors (Lipinski definition) is 1. The lowest BCUT2D eigenvalue weighted by molar-refractivity contribution is -0.150. The van der Waals surface area contributed by atoms with Crippen LogP contribution in [0.2, 0.25) is 0 Å². The highest BCUT2D eigenvalue weighted by molar-refractivity contribution is 7.09. The summed E-state index contributed by atoms with van der Waals surface area (Å²) in [7, 11) is 0. The molecule has 116 valence electrons. The predicted octanol–water partition coefficient (Wildman–Crippen LogP) is 2.13. The smallest absolute Gasteiger partial charge is 0.344 e. The van der Waals surface area contributed by atoms with Gasteiger partial charge in [0.15, 0.2) is 24.8 Å². The molecule has 1 aromatic carbocycles. The van der Waals surface area contributed by atoms with E-state index in [2.05, 4.69) is 5.32 Å². The van der Waals surface area contributed by atoms with Crippen molar-refractivity contribution in [3.63, 3.8) is 0 Å². The van der Waals surface area contributed by atoms with E-state index in [9.17, 15) is 14.0 Å². The summed E-state index contributed by atoms with van der Waals surface area (Å²) in [5.74, 6) is -1.76. The topological polar surface area (TPSA) is 64.6 Å². The van der Waals surface area contributed by atoms with Crippen molar-refractivity contribution < 1.29 is 23.5 Å². The minimum atomic E-state index is -0.741. The first-order chi connectivity index (χ1) is 10.6. The quantitative estimate of drug-likeness (QED) is 0.793. The molecule has 5 nitrogen and oxygen atoms in total. The molecule has 0 unspecified atom stereocenters. The van der Waals surface area contributed by atoms with E-state index < -0.39 is 30.9 Å². The van der Waals surface area contributed by atoms with Gasteiger partial charge in [0.1, 0.15) is 0 Å². The van der Waals surface area contributed by atoms with Crippen LogP contribution in [0, 0.1) is 5.82 Å². The number of carbonyl (C=O) groups excluding carboxylic acids is 2. The molecule has 0 aliphatic heterocycles. The van der Waals surface area contributed by atoms with E-state index in [-0.39, 0.29) is 5.75 Å². The fourth-order valence-corrected chi connectivity index (χ4v) is 2.18. The Morgan fingerprint density at radius 3 is 2.68 bits per heavy atom. The molecule has 0 atom stereocenters. The molecular formula is C15H14FNO4S. The van der Waals surface area contributed by atoms with E-state index >= 15 is 0 Å². The van der Waals surface area contributed by atoms with Crippen molar-refractivity contribution in [1.82, 2.24) is 5.32 Å². The molecule has 1 amide bonds. The first-order valence-electron chi connectivity index (χ1n) is 6.47. The van der Waals surface area contributed by atoms with Crippen molar-refractivity contribution in [2.24, 2.45) is 0 Å². The molecule has 1 aromatic heterocycles. The maximum absolute atomic E-state index is 13.2. The number of thiophene rings is 1. The number of halogens is 1. The largest absolute Gasteiger partial charge is 0.479 e. The van der Waals surface area contributed by atoms with Crippen molar-refractivity contribution in [2.75, 3.05) is 13.2 Å². The molecule has 0 saturated carbocycles. The third kappa shape index (κ3) is 5.17. The molecule has 0 aliphatic carbocycles. The highest BCUT2D eigenvalue weighted by Gasteiger charge is 2.10. The minimum Gasteiger partial charge on any atom is -0.479 e. The van der Waals surface area contributed by atoms with Crippen LogP contribution in [-0.2, 0) is 20.9 Å². The molecule has 22 heavy (non-hydrogen) atoms. The lowest BCUT2D eigenvalue weighted by Gasteiger charge is -2.08. The van der Waals surface area contributed by atoms with Crippen LogP contribution in [0.1, 0.15) is 4.88 Å². The number of esters is 1. The van der Waals surface area contributed by atoms with Gasteiger partial charge in [-0.2, -0.15) is 0 Å². The first-order valence-corrected chi connectivity index (χ1v) is 7.35. The predicted molar refractivity (Wildman–Crippen MR) is 79.0 cm³/mol. The molecule has 0 fully saturated rings. The SMILES string of the molecule is O=C(COC(=O)COc1ccccc1F)NCc1cccs1. The summed E-state index contributed by atoms with van der Waals surface area (Å²) >= 11 is 1.52. The number of para-hydroxylation sites is 1. The first kappa shape index (κ1) is 16.0. The molecule has 7 heteroatoms. The summed E-state index contributed by atoms with van der Waals surface area (Å²) in [6, 6.07) is 9.49. The molecular weight excluding hydrogens is 309 g/mol. The van der Waals surface area contributed by atoms with Crippen LogP contribution in [0.3, 0.4) is 0 Å². The van der Waals surface area contributed by atoms with E-state index in [1.54, 1.807) is 6.07 Å². The number of rotatable bonds is 7. The maximum Gasteiger partial charge on any atom is 0.344 e. The van der Waals surface area contributed by atoms with Crippen LogP contribution < -0.4 is 10.1 Å². The molecule has 2 rings (SSSR count). The minimum absolute atomic E-state index is 0.0402. The summed E-state index contributed by atoms with van der Waals surface area (Å²) in [6.45, 7) is -0.468. The second-order valence-corrected chi connectivity index (χ2v) is 5.27. The zero-order chi connectivity index (χ0) is 15.8. The van der Waals surface area contributed by atoms with Gasteiger partial charge in [0.2, 0.25) is 0 Å². The molecule has 1 N–H and O–H groups in total. The number of amides is 1. The Morgan fingerprint density at radius 2 is 1.95 bits per heavy atom. The number of ether oxygens (including phenoxy) is 2. The second-order valence-electron chi connectivity index (χ2n) is 4.24. The average Bonchev–Trinajstić information content (AvgIpc) is 3.03. The summed E-state index contributed by atoms with van der Waals surface area (Å²) in [6.07, 6.45) is 0. The number of nitrogens with one attached hydrogen (secondary N) is 1. The van der Waals surface area contributed by atoms with E-state index in [4.69, 9.17) is 9.47 Å². The van der Waals surface area contributed by atoms with Gasteiger partial charge in [-0.05, 0) is 23.6 Å². The van der Waals surface area contributed by atoms with Crippen LogP contribution in [0.25, 0.3) is 0 Å². The van der Waals surface area contributed by atoms with Gasteiger partial charge >= 0.3 is 5.97 Å². The summed E-state index contributed by atoms with van der Waals surface area (Å²) in [5.41, 5.74) is 0. The monoisotopic (exact) mass is 323 g/mol. The summed E-state index contributed by atoms with van der Waals surface area (Å²) in [4.78, 5) is 23.9. The van der Waals surface area contributed by atoms with Crippen molar-refractivity contribution in [1.29, 1.82) is 0 Å². The van der Waals surface area contributed by atoms with Crippen LogP contribution in [-0.4, -0.2) is 25.1 Å². The number of benzene rings is 1. The van der Waals surface area contributed by atoms with Crippen LogP contribution in [0.5, 0.6) is 5.75 Å². The van der Waals surface area contributed by atoms with Gasteiger partial charge in [0, 0.05) is 4.88 Å². The van der Waals surface area contributed by atoms with Crippen LogP contribution in [0.4, 0.5) is 4.39 Å². The standard InChI is InChI=1S/C15H14FNO4S/c16-12-5-1-2-6-13(12)20-10-15(19)21-9-14(18)17-8-11-4-3-7-22-11/h1-7H,8-10H2,(H,17,18). The fraction of sp³-hybridized carbons (Fsp3) is 0.200. The average molecular weight is 323 g/mol. The maximum atomic E-state index is 13.2. The zero-order valence-corrected chi connectivity index (χ0v) is 12.4. The summed E-state index contributed by atoms with van der Waals surface area (Å²) in [5, 5.41) is 4.52. The Bertz CT molecular complexity index is 630. The molecule has 2 aromatic rings. The molecule has 0 spiro atoms. The normalized spacial score (nSPS) is 10.0. The van der Waals surface area contributed by atoms with Gasteiger partial charge in [-0.25, -0.2) is 9.18 Å². The third-order valence-corrected chi connectivity index (χ3v) is 3.46. The van der Waals surface area contributed by atoms with Gasteiger partial charge < -0.3 is 14.8 Å². The Balaban J connectivity index is 1.65. The Labute approximate surface area is 130 Å². The lowest BCUT2D eigenvalue weighted by Crippen LogP contribution is -2.29. The van der Waals surface area contributed by atoms with E-state index in [1.807, 2.05) is 17.5 Å². The van der Waals surface area contributed by atoms with Crippen LogP contribution >= 0.6 is 11.3 Å². The van der Waals surface area contributed by atoms with E-state index in [0.29, 0.717) is 6.54 Å². The number of carbonyl (C=O) groups is 2. The zero-order valence-electron chi connectivity index (χ0n) is 11.6. The highest BCUT2D eigenvalue weighted by atomic mass is 32.1. The highest BCUT2D eigenvalue weighted by Crippen LogP contribution is 2.15. The van der Waals surface area contributed by atoms with E-state index in [0.717, 1.165) is 4.88 Å². The Kier molecular flexibility index (Phi) is 5.91. The van der Waals surface area contributed by atoms with Gasteiger partial charge in [-0.3, -0.25) is 4.79 Å². The van der Waals surface area contributed by atoms with Crippen molar-refractivity contribution in [2.45, 2.75) is 6.54 Å². The van der Waals surface area contributed by atoms with Gasteiger partial charge in [-0.15, -0.1) is 11.3 Å². The molecule has 0 aliphatic rings. The van der Waals surface area contributed by atoms with Crippen molar-refractivity contribution in [3.8, 4) is 5.75 Å². The van der Waals surface area contributed by atoms with Crippen molar-refractivity contribution in [3.05, 3.63) is 52.5 Å². The van der Waals surface area contributed by atoms with Crippen LogP contribution in [0.15, 0.2) is 41.8 Å². The van der Waals surface area contributed by atoms with Crippen molar-refractivity contribution >= 4 is 23.2 Å². The molecule has 1 heterocycles. The third-order valence-electron chi connectivity index (χ3n) is 2.59. The second kappa shape index (κ2) is 8.14. The number of hydrogen-bond acceptors (Lipinski definition) is 5. The summed E-state index contributed by atoms with van der Waals surface area (Å²) < 4.78 is 23.0. The Hall–Kier alpha value is -2.41. The van der Waals surface area contributed by atoms with Gasteiger partial charge in [-0.1, -0.05) is 18.2 Å². The van der Waals surface area contributed by atoms with Gasteiger partial charge in [0.25, 0.3) is 5.91 Å².